The van der Waals surface area contributed by atoms with Crippen molar-refractivity contribution < 1.29 is 27.5 Å². The highest BCUT2D eigenvalue weighted by Crippen LogP contribution is 2.32. The number of ether oxygens (including phenoxy) is 1. The summed E-state index contributed by atoms with van der Waals surface area (Å²) < 4.78 is 42.0. The predicted molar refractivity (Wildman–Crippen MR) is 76.8 cm³/mol. The van der Waals surface area contributed by atoms with E-state index in [-0.39, 0.29) is 29.0 Å². The van der Waals surface area contributed by atoms with Gasteiger partial charge in [-0.1, -0.05) is 11.6 Å². The number of alkyl halides is 3. The van der Waals surface area contributed by atoms with Crippen LogP contribution in [0.3, 0.4) is 0 Å². The lowest BCUT2D eigenvalue weighted by Gasteiger charge is -2.10. The van der Waals surface area contributed by atoms with Crippen molar-refractivity contribution in [2.75, 3.05) is 23.4 Å². The first-order valence-electron chi connectivity index (χ1n) is 6.00. The number of rotatable bonds is 6. The molecule has 0 radical (unpaired) electrons. The maximum atomic E-state index is 12.4. The van der Waals surface area contributed by atoms with Crippen molar-refractivity contribution in [2.24, 2.45) is 0 Å². The maximum Gasteiger partial charge on any atom is 0.417 e. The van der Waals surface area contributed by atoms with Crippen LogP contribution in [-0.2, 0) is 20.5 Å². The van der Waals surface area contributed by atoms with Crippen LogP contribution >= 0.6 is 23.4 Å². The van der Waals surface area contributed by atoms with Crippen LogP contribution in [0.4, 0.5) is 19.0 Å². The van der Waals surface area contributed by atoms with Crippen molar-refractivity contribution >= 4 is 41.1 Å². The van der Waals surface area contributed by atoms with Crippen LogP contribution in [0.1, 0.15) is 12.5 Å². The Morgan fingerprint density at radius 2 is 2.09 bits per heavy atom. The van der Waals surface area contributed by atoms with Gasteiger partial charge in [0.05, 0.1) is 28.7 Å². The molecular formula is C12H12ClF3N2O3S. The van der Waals surface area contributed by atoms with E-state index in [2.05, 4.69) is 15.0 Å². The average Bonchev–Trinajstić information content (AvgIpc) is 2.40. The fourth-order valence-corrected chi connectivity index (χ4v) is 2.11. The summed E-state index contributed by atoms with van der Waals surface area (Å²) >= 11 is 6.65. The summed E-state index contributed by atoms with van der Waals surface area (Å²) in [5, 5.41) is 1.95. The summed E-state index contributed by atoms with van der Waals surface area (Å²) in [4.78, 5) is 26.1. The van der Waals surface area contributed by atoms with Gasteiger partial charge in [0, 0.05) is 6.20 Å². The van der Waals surface area contributed by atoms with E-state index >= 15 is 0 Å². The first-order valence-corrected chi connectivity index (χ1v) is 7.53. The average molecular weight is 357 g/mol. The number of anilines is 1. The molecule has 0 atom stereocenters. The van der Waals surface area contributed by atoms with Crippen LogP contribution < -0.4 is 5.32 Å². The zero-order valence-electron chi connectivity index (χ0n) is 11.4. The SMILES string of the molecule is CCOC(=O)CSCC(=O)Nc1ncc(C(F)(F)F)cc1Cl. The third-order valence-corrected chi connectivity index (χ3v) is 3.38. The molecule has 1 heterocycles. The minimum Gasteiger partial charge on any atom is -0.465 e. The Morgan fingerprint density at radius 3 is 2.64 bits per heavy atom. The second kappa shape index (κ2) is 8.23. The Bertz CT molecular complexity index is 555. The molecule has 5 nitrogen and oxygen atoms in total. The van der Waals surface area contributed by atoms with Crippen LogP contribution in [0, 0.1) is 0 Å². The number of nitrogens with zero attached hydrogens (tertiary/aromatic N) is 1. The van der Waals surface area contributed by atoms with Gasteiger partial charge in [-0.2, -0.15) is 13.2 Å². The van der Waals surface area contributed by atoms with E-state index in [0.717, 1.165) is 11.8 Å². The van der Waals surface area contributed by atoms with Crippen molar-refractivity contribution in [1.29, 1.82) is 0 Å². The van der Waals surface area contributed by atoms with Gasteiger partial charge in [-0.25, -0.2) is 4.98 Å². The summed E-state index contributed by atoms with van der Waals surface area (Å²) in [5.74, 6) is -1.25. The van der Waals surface area contributed by atoms with E-state index in [0.29, 0.717) is 12.3 Å². The van der Waals surface area contributed by atoms with Crippen LogP contribution in [0.2, 0.25) is 5.02 Å². The van der Waals surface area contributed by atoms with Crippen molar-refractivity contribution in [2.45, 2.75) is 13.1 Å². The monoisotopic (exact) mass is 356 g/mol. The topological polar surface area (TPSA) is 68.3 Å². The van der Waals surface area contributed by atoms with Gasteiger partial charge in [-0.05, 0) is 13.0 Å². The van der Waals surface area contributed by atoms with Gasteiger partial charge >= 0.3 is 12.1 Å². The molecule has 1 aromatic rings. The predicted octanol–water partition coefficient (Wildman–Crippen LogP) is 2.99. The molecule has 0 saturated carbocycles. The molecule has 0 unspecified atom stereocenters. The molecule has 1 amide bonds. The normalized spacial score (nSPS) is 11.1. The molecule has 0 saturated heterocycles. The standard InChI is InChI=1S/C12H12ClF3N2O3S/c1-2-21-10(20)6-22-5-9(19)18-11-8(13)3-7(4-17-11)12(14,15)16/h3-4H,2,5-6H2,1H3,(H,17,18,19). The largest absolute Gasteiger partial charge is 0.465 e. The highest BCUT2D eigenvalue weighted by atomic mass is 35.5. The van der Waals surface area contributed by atoms with E-state index in [1.165, 1.54) is 0 Å². The summed E-state index contributed by atoms with van der Waals surface area (Å²) in [6.07, 6.45) is -3.98. The molecule has 0 fully saturated rings. The molecule has 0 spiro atoms. The first kappa shape index (κ1) is 18.6. The van der Waals surface area contributed by atoms with Gasteiger partial charge < -0.3 is 10.1 Å². The molecule has 0 aliphatic carbocycles. The zero-order chi connectivity index (χ0) is 16.8. The smallest absolute Gasteiger partial charge is 0.417 e. The first-order chi connectivity index (χ1) is 10.2. The summed E-state index contributed by atoms with van der Waals surface area (Å²) in [7, 11) is 0. The lowest BCUT2D eigenvalue weighted by molar-refractivity contribution is -0.140. The lowest BCUT2D eigenvalue weighted by Crippen LogP contribution is -2.17. The lowest BCUT2D eigenvalue weighted by atomic mass is 10.3. The number of carbonyl (C=O) groups is 2. The number of aromatic nitrogens is 1. The number of halogens is 4. The summed E-state index contributed by atoms with van der Waals surface area (Å²) in [5.41, 5.74) is -1.01. The Labute approximate surface area is 133 Å². The van der Waals surface area contributed by atoms with E-state index in [4.69, 9.17) is 11.6 Å². The number of amides is 1. The van der Waals surface area contributed by atoms with Crippen LogP contribution in [0.5, 0.6) is 0 Å². The van der Waals surface area contributed by atoms with Gasteiger partial charge in [0.2, 0.25) is 5.91 Å². The van der Waals surface area contributed by atoms with E-state index in [1.54, 1.807) is 6.92 Å². The molecule has 0 aliphatic rings. The van der Waals surface area contributed by atoms with Gasteiger partial charge in [-0.15, -0.1) is 11.8 Å². The molecule has 0 aromatic carbocycles. The summed E-state index contributed by atoms with van der Waals surface area (Å²) in [6.45, 7) is 1.91. The van der Waals surface area contributed by atoms with Gasteiger partial charge in [0.25, 0.3) is 0 Å². The maximum absolute atomic E-state index is 12.4. The quantitative estimate of drug-likeness (QED) is 0.794. The van der Waals surface area contributed by atoms with Crippen molar-refractivity contribution in [1.82, 2.24) is 4.98 Å². The number of hydrogen-bond acceptors (Lipinski definition) is 5. The van der Waals surface area contributed by atoms with Crippen LogP contribution in [0.25, 0.3) is 0 Å². The third-order valence-electron chi connectivity index (χ3n) is 2.18. The highest BCUT2D eigenvalue weighted by Gasteiger charge is 2.31. The Morgan fingerprint density at radius 1 is 1.41 bits per heavy atom. The van der Waals surface area contributed by atoms with Gasteiger partial charge in [0.15, 0.2) is 5.82 Å². The number of hydrogen-bond donors (Lipinski definition) is 1. The molecule has 1 aromatic heterocycles. The second-order valence-corrected chi connectivity index (χ2v) is 5.29. The fraction of sp³-hybridized carbons (Fsp3) is 0.417. The molecule has 0 bridgehead atoms. The van der Waals surface area contributed by atoms with Crippen molar-refractivity contribution in [3.8, 4) is 0 Å². The molecule has 1 rings (SSSR count). The number of esters is 1. The zero-order valence-corrected chi connectivity index (χ0v) is 12.9. The van der Waals surface area contributed by atoms with Crippen LogP contribution in [-0.4, -0.2) is 35.0 Å². The Hall–Kier alpha value is -1.48. The van der Waals surface area contributed by atoms with Gasteiger partial charge in [-0.3, -0.25) is 9.59 Å². The molecule has 1 N–H and O–H groups in total. The fourth-order valence-electron chi connectivity index (χ4n) is 1.28. The van der Waals surface area contributed by atoms with Gasteiger partial charge in [0.1, 0.15) is 0 Å². The summed E-state index contributed by atoms with van der Waals surface area (Å²) in [6, 6.07) is 0.677. The van der Waals surface area contributed by atoms with Crippen LogP contribution in [0.15, 0.2) is 12.3 Å². The number of pyridine rings is 1. The minimum atomic E-state index is -4.56. The second-order valence-electron chi connectivity index (χ2n) is 3.90. The van der Waals surface area contributed by atoms with E-state index in [9.17, 15) is 22.8 Å². The number of thioether (sulfide) groups is 1. The Kier molecular flexibility index (Phi) is 6.95. The molecular weight excluding hydrogens is 345 g/mol. The minimum absolute atomic E-state index is 0.00453. The third kappa shape index (κ3) is 6.10. The molecule has 0 aliphatic heterocycles. The van der Waals surface area contributed by atoms with Crippen molar-refractivity contribution in [3.05, 3.63) is 22.8 Å². The Balaban J connectivity index is 2.53. The molecule has 10 heteroatoms. The molecule has 22 heavy (non-hydrogen) atoms. The molecule has 122 valence electrons. The highest BCUT2D eigenvalue weighted by molar-refractivity contribution is 8.00. The van der Waals surface area contributed by atoms with E-state index < -0.39 is 23.6 Å². The number of carbonyl (C=O) groups excluding carboxylic acids is 2. The van der Waals surface area contributed by atoms with Crippen molar-refractivity contribution in [3.63, 3.8) is 0 Å². The van der Waals surface area contributed by atoms with E-state index in [1.807, 2.05) is 0 Å². The number of nitrogens with one attached hydrogen (secondary N) is 1.